The van der Waals surface area contributed by atoms with Crippen molar-refractivity contribution >= 4 is 22.5 Å². The smallest absolute Gasteiger partial charge is 0.244 e. The van der Waals surface area contributed by atoms with Gasteiger partial charge in [-0.15, -0.1) is 0 Å². The number of carbonyl (C=O) groups is 1. The number of para-hydroxylation sites is 2. The normalized spacial score (nSPS) is 20.8. The summed E-state index contributed by atoms with van der Waals surface area (Å²) >= 11 is 0. The van der Waals surface area contributed by atoms with Crippen LogP contribution >= 0.6 is 0 Å². The minimum atomic E-state index is -0.570. The number of amides is 1. The summed E-state index contributed by atoms with van der Waals surface area (Å²) in [5.41, 5.74) is 2.02. The molecular weight excluding hydrogens is 354 g/mol. The van der Waals surface area contributed by atoms with Crippen molar-refractivity contribution in [3.05, 3.63) is 60.3 Å². The van der Waals surface area contributed by atoms with Crippen LogP contribution in [0.2, 0.25) is 0 Å². The fourth-order valence-electron chi connectivity index (χ4n) is 3.90. The molecule has 2 aromatic carbocycles. The minimum Gasteiger partial charge on any atom is -0.454 e. The highest BCUT2D eigenvalue weighted by atomic mass is 16.7. The first-order valence-electron chi connectivity index (χ1n) is 9.43. The molecule has 1 N–H and O–H groups in total. The van der Waals surface area contributed by atoms with Crippen LogP contribution in [0.4, 0.5) is 5.69 Å². The summed E-state index contributed by atoms with van der Waals surface area (Å²) in [6, 6.07) is 15.6. The molecule has 0 spiro atoms. The molecule has 1 aromatic heterocycles. The Labute approximate surface area is 163 Å². The second kappa shape index (κ2) is 6.49. The predicted octanol–water partition coefficient (Wildman–Crippen LogP) is 3.57. The van der Waals surface area contributed by atoms with E-state index in [0.717, 1.165) is 46.6 Å². The van der Waals surface area contributed by atoms with Gasteiger partial charge in [0.15, 0.2) is 11.5 Å². The highest BCUT2D eigenvalue weighted by Crippen LogP contribution is 2.39. The molecule has 3 heterocycles. The van der Waals surface area contributed by atoms with Gasteiger partial charge in [-0.05, 0) is 31.5 Å². The van der Waals surface area contributed by atoms with Crippen LogP contribution in [0.25, 0.3) is 10.9 Å². The van der Waals surface area contributed by atoms with Crippen LogP contribution in [0.5, 0.6) is 11.5 Å². The number of fused-ring (bicyclic) bond motifs is 2. The van der Waals surface area contributed by atoms with Gasteiger partial charge in [-0.1, -0.05) is 30.3 Å². The Balaban J connectivity index is 1.37. The molecule has 2 aliphatic rings. The third-order valence-electron chi connectivity index (χ3n) is 5.78. The standard InChI is InChI=1S/C22H21N3O3/c1-22(21(26)24-17-8-2-5-15-7-4-11-23-19(15)17)10-12-25(22)13-16-6-3-9-18-20(16)28-14-27-18/h2-9,11H,10,12-14H2,1H3,(H,24,26). The van der Waals surface area contributed by atoms with Gasteiger partial charge in [0, 0.05) is 30.2 Å². The summed E-state index contributed by atoms with van der Waals surface area (Å²) in [6.07, 6.45) is 2.55. The molecule has 5 rings (SSSR count). The van der Waals surface area contributed by atoms with Crippen LogP contribution < -0.4 is 14.8 Å². The molecule has 142 valence electrons. The molecule has 3 aromatic rings. The highest BCUT2D eigenvalue weighted by Gasteiger charge is 2.47. The molecule has 1 atom stereocenters. The van der Waals surface area contributed by atoms with Gasteiger partial charge in [0.1, 0.15) is 0 Å². The first-order valence-corrected chi connectivity index (χ1v) is 9.43. The van der Waals surface area contributed by atoms with Gasteiger partial charge >= 0.3 is 0 Å². The van der Waals surface area contributed by atoms with E-state index in [0.29, 0.717) is 6.54 Å². The molecule has 0 saturated carbocycles. The van der Waals surface area contributed by atoms with Crippen LogP contribution in [0.15, 0.2) is 54.7 Å². The van der Waals surface area contributed by atoms with E-state index in [4.69, 9.17) is 9.47 Å². The molecule has 1 unspecified atom stereocenters. The summed E-state index contributed by atoms with van der Waals surface area (Å²) in [7, 11) is 0. The fraction of sp³-hybridized carbons (Fsp3) is 0.273. The van der Waals surface area contributed by atoms with Gasteiger partial charge in [0.05, 0.1) is 16.7 Å². The number of pyridine rings is 1. The number of anilines is 1. The molecule has 1 saturated heterocycles. The number of hydrogen-bond acceptors (Lipinski definition) is 5. The Bertz CT molecular complexity index is 1060. The molecule has 0 radical (unpaired) electrons. The maximum Gasteiger partial charge on any atom is 0.244 e. The second-order valence-electron chi connectivity index (χ2n) is 7.43. The number of likely N-dealkylation sites (tertiary alicyclic amines) is 1. The van der Waals surface area contributed by atoms with E-state index in [1.54, 1.807) is 6.20 Å². The molecule has 6 nitrogen and oxygen atoms in total. The van der Waals surface area contributed by atoms with Crippen molar-refractivity contribution < 1.29 is 14.3 Å². The molecular formula is C22H21N3O3. The summed E-state index contributed by atoms with van der Waals surface area (Å²) in [5, 5.41) is 4.10. The van der Waals surface area contributed by atoms with Gasteiger partial charge in [-0.3, -0.25) is 14.7 Å². The number of ether oxygens (including phenoxy) is 2. The van der Waals surface area contributed by atoms with Gasteiger partial charge in [0.25, 0.3) is 0 Å². The lowest BCUT2D eigenvalue weighted by Crippen LogP contribution is -2.63. The summed E-state index contributed by atoms with van der Waals surface area (Å²) in [6.45, 7) is 3.75. The van der Waals surface area contributed by atoms with E-state index in [1.165, 1.54) is 0 Å². The maximum absolute atomic E-state index is 13.2. The van der Waals surface area contributed by atoms with E-state index < -0.39 is 5.54 Å². The number of carbonyl (C=O) groups excluding carboxylic acids is 1. The Hall–Kier alpha value is -3.12. The zero-order valence-corrected chi connectivity index (χ0v) is 15.6. The van der Waals surface area contributed by atoms with E-state index in [1.807, 2.05) is 55.5 Å². The van der Waals surface area contributed by atoms with Crippen LogP contribution in [0.1, 0.15) is 18.9 Å². The summed E-state index contributed by atoms with van der Waals surface area (Å²) in [5.74, 6) is 1.54. The first kappa shape index (κ1) is 17.0. The molecule has 0 bridgehead atoms. The highest BCUT2D eigenvalue weighted by molar-refractivity contribution is 6.04. The monoisotopic (exact) mass is 375 g/mol. The lowest BCUT2D eigenvalue weighted by atomic mass is 9.85. The largest absolute Gasteiger partial charge is 0.454 e. The third-order valence-corrected chi connectivity index (χ3v) is 5.78. The van der Waals surface area contributed by atoms with Crippen molar-refractivity contribution in [2.75, 3.05) is 18.7 Å². The van der Waals surface area contributed by atoms with E-state index >= 15 is 0 Å². The Morgan fingerprint density at radius 2 is 2.04 bits per heavy atom. The quantitative estimate of drug-likeness (QED) is 0.755. The van der Waals surface area contributed by atoms with E-state index in [2.05, 4.69) is 15.2 Å². The van der Waals surface area contributed by atoms with Crippen LogP contribution in [-0.2, 0) is 11.3 Å². The maximum atomic E-state index is 13.2. The zero-order valence-electron chi connectivity index (χ0n) is 15.6. The number of nitrogens with zero attached hydrogens (tertiary/aromatic N) is 2. The van der Waals surface area contributed by atoms with Gasteiger partial charge in [-0.25, -0.2) is 0 Å². The average Bonchev–Trinajstić information content (AvgIpc) is 3.20. The molecule has 2 aliphatic heterocycles. The first-order chi connectivity index (χ1) is 13.6. The van der Waals surface area contributed by atoms with Crippen molar-refractivity contribution in [1.82, 2.24) is 9.88 Å². The van der Waals surface area contributed by atoms with Crippen LogP contribution in [-0.4, -0.2) is 34.7 Å². The van der Waals surface area contributed by atoms with Gasteiger partial charge < -0.3 is 14.8 Å². The molecule has 28 heavy (non-hydrogen) atoms. The van der Waals surface area contributed by atoms with Crippen LogP contribution in [0, 0.1) is 0 Å². The third kappa shape index (κ3) is 2.68. The Morgan fingerprint density at radius 3 is 2.89 bits per heavy atom. The number of benzene rings is 2. The number of aromatic nitrogens is 1. The number of hydrogen-bond donors (Lipinski definition) is 1. The topological polar surface area (TPSA) is 63.7 Å². The molecule has 1 fully saturated rings. The lowest BCUT2D eigenvalue weighted by molar-refractivity contribution is -0.136. The average molecular weight is 375 g/mol. The number of rotatable bonds is 4. The summed E-state index contributed by atoms with van der Waals surface area (Å²) < 4.78 is 11.1. The van der Waals surface area contributed by atoms with Crippen molar-refractivity contribution in [3.63, 3.8) is 0 Å². The Morgan fingerprint density at radius 1 is 1.18 bits per heavy atom. The molecule has 0 aliphatic carbocycles. The van der Waals surface area contributed by atoms with Gasteiger partial charge in [0.2, 0.25) is 12.7 Å². The van der Waals surface area contributed by atoms with Crippen molar-refractivity contribution in [2.24, 2.45) is 0 Å². The predicted molar refractivity (Wildman–Crippen MR) is 106 cm³/mol. The van der Waals surface area contributed by atoms with Gasteiger partial charge in [-0.2, -0.15) is 0 Å². The van der Waals surface area contributed by atoms with Crippen LogP contribution in [0.3, 0.4) is 0 Å². The minimum absolute atomic E-state index is 0.0124. The van der Waals surface area contributed by atoms with E-state index in [9.17, 15) is 4.79 Å². The SMILES string of the molecule is CC1(C(=O)Nc2cccc3cccnc23)CCN1Cc1cccc2c1OCO2. The van der Waals surface area contributed by atoms with Crippen molar-refractivity contribution in [1.29, 1.82) is 0 Å². The molecule has 1 amide bonds. The lowest BCUT2D eigenvalue weighted by Gasteiger charge is -2.49. The van der Waals surface area contributed by atoms with E-state index in [-0.39, 0.29) is 12.7 Å². The Kier molecular flexibility index (Phi) is 3.94. The number of nitrogens with one attached hydrogen (secondary N) is 1. The van der Waals surface area contributed by atoms with Crippen molar-refractivity contribution in [2.45, 2.75) is 25.4 Å². The second-order valence-corrected chi connectivity index (χ2v) is 7.43. The molecule has 6 heteroatoms. The summed E-state index contributed by atoms with van der Waals surface area (Å²) in [4.78, 5) is 19.8. The van der Waals surface area contributed by atoms with Crippen molar-refractivity contribution in [3.8, 4) is 11.5 Å². The fourth-order valence-corrected chi connectivity index (χ4v) is 3.90. The zero-order chi connectivity index (χ0) is 19.1.